The minimum absolute atomic E-state index is 0.185. The lowest BCUT2D eigenvalue weighted by molar-refractivity contribution is 0.0943. The molecule has 1 aromatic carbocycles. The van der Waals surface area contributed by atoms with E-state index < -0.39 is 23.1 Å². The molecule has 100 valence electrons. The van der Waals surface area contributed by atoms with Gasteiger partial charge in [-0.15, -0.1) is 11.3 Å². The molecule has 0 radical (unpaired) electrons. The molecule has 1 aromatic heterocycles. The largest absolute Gasteiger partial charge is 0.396 e. The van der Waals surface area contributed by atoms with E-state index in [1.165, 1.54) is 11.3 Å². The Morgan fingerprint density at radius 2 is 2.11 bits per heavy atom. The second-order valence-electron chi connectivity index (χ2n) is 3.70. The summed E-state index contributed by atoms with van der Waals surface area (Å²) in [5, 5.41) is 4.30. The average molecular weight is 347 g/mol. The Kier molecular flexibility index (Phi) is 4.16. The summed E-state index contributed by atoms with van der Waals surface area (Å²) >= 11 is 4.73. The summed E-state index contributed by atoms with van der Waals surface area (Å²) in [6.07, 6.45) is 0. The fraction of sp³-hybridized carbons (Fsp3) is 0.0833. The summed E-state index contributed by atoms with van der Waals surface area (Å²) in [5.41, 5.74) is 4.40. The summed E-state index contributed by atoms with van der Waals surface area (Å²) in [4.78, 5) is 12.6. The van der Waals surface area contributed by atoms with Crippen molar-refractivity contribution in [1.29, 1.82) is 0 Å². The molecule has 7 heteroatoms. The number of hydrogen-bond donors (Lipinski definition) is 2. The summed E-state index contributed by atoms with van der Waals surface area (Å²) in [6, 6.07) is 3.87. The molecule has 19 heavy (non-hydrogen) atoms. The normalized spacial score (nSPS) is 10.5. The summed E-state index contributed by atoms with van der Waals surface area (Å²) < 4.78 is 27.9. The van der Waals surface area contributed by atoms with Crippen LogP contribution >= 0.6 is 27.3 Å². The van der Waals surface area contributed by atoms with Crippen LogP contribution in [0.3, 0.4) is 0 Å². The van der Waals surface area contributed by atoms with E-state index in [1.807, 2.05) is 11.4 Å². The molecule has 1 amide bonds. The third kappa shape index (κ3) is 2.93. The number of benzene rings is 1. The van der Waals surface area contributed by atoms with Crippen LogP contribution in [0.4, 0.5) is 14.5 Å². The van der Waals surface area contributed by atoms with Gasteiger partial charge < -0.3 is 11.1 Å². The fourth-order valence-corrected chi connectivity index (χ4v) is 2.91. The van der Waals surface area contributed by atoms with Crippen LogP contribution in [0.25, 0.3) is 0 Å². The number of thiophene rings is 1. The molecule has 0 saturated carbocycles. The predicted molar refractivity (Wildman–Crippen MR) is 74.0 cm³/mol. The molecule has 2 aromatic rings. The van der Waals surface area contributed by atoms with Crippen molar-refractivity contribution in [2.45, 2.75) is 6.54 Å². The van der Waals surface area contributed by atoms with Crippen molar-refractivity contribution in [3.05, 3.63) is 50.1 Å². The lowest BCUT2D eigenvalue weighted by atomic mass is 10.1. The summed E-state index contributed by atoms with van der Waals surface area (Å²) in [6.45, 7) is 0.185. The van der Waals surface area contributed by atoms with Crippen molar-refractivity contribution in [2.75, 3.05) is 5.73 Å². The van der Waals surface area contributed by atoms with Crippen molar-refractivity contribution in [3.63, 3.8) is 0 Å². The van der Waals surface area contributed by atoms with Gasteiger partial charge in [0.05, 0.1) is 12.2 Å². The number of amides is 1. The monoisotopic (exact) mass is 346 g/mol. The number of halogens is 3. The third-order valence-electron chi connectivity index (χ3n) is 2.45. The first-order valence-electron chi connectivity index (χ1n) is 5.24. The molecule has 0 aliphatic rings. The van der Waals surface area contributed by atoms with Gasteiger partial charge in [0.2, 0.25) is 0 Å². The number of nitrogens with two attached hydrogens (primary N) is 1. The standard InChI is InChI=1S/C12H9BrF2N2OS/c13-6-3-4-19-9(6)5-17-12(18)10-7(14)1-2-8(16)11(10)15/h1-4H,5,16H2,(H,17,18). The van der Waals surface area contributed by atoms with Gasteiger partial charge in [-0.1, -0.05) is 0 Å². The van der Waals surface area contributed by atoms with E-state index in [2.05, 4.69) is 21.2 Å². The Labute approximate surface area is 120 Å². The maximum atomic E-state index is 13.6. The minimum atomic E-state index is -1.04. The van der Waals surface area contributed by atoms with E-state index in [0.29, 0.717) is 0 Å². The van der Waals surface area contributed by atoms with Crippen LogP contribution in [0, 0.1) is 11.6 Å². The van der Waals surface area contributed by atoms with Crippen LogP contribution in [0.5, 0.6) is 0 Å². The van der Waals surface area contributed by atoms with E-state index in [4.69, 9.17) is 5.73 Å². The minimum Gasteiger partial charge on any atom is -0.396 e. The lowest BCUT2D eigenvalue weighted by Gasteiger charge is -2.08. The van der Waals surface area contributed by atoms with Gasteiger partial charge in [-0.2, -0.15) is 0 Å². The second kappa shape index (κ2) is 5.66. The van der Waals surface area contributed by atoms with Crippen molar-refractivity contribution < 1.29 is 13.6 Å². The number of nitrogens with one attached hydrogen (secondary N) is 1. The van der Waals surface area contributed by atoms with Gasteiger partial charge >= 0.3 is 0 Å². The number of carbonyl (C=O) groups is 1. The molecule has 1 heterocycles. The molecule has 0 spiro atoms. The second-order valence-corrected chi connectivity index (χ2v) is 5.55. The Hall–Kier alpha value is -1.47. The molecule has 0 fully saturated rings. The molecule has 0 saturated heterocycles. The van der Waals surface area contributed by atoms with Gasteiger partial charge in [0, 0.05) is 9.35 Å². The zero-order chi connectivity index (χ0) is 14.0. The number of anilines is 1. The maximum absolute atomic E-state index is 13.6. The van der Waals surface area contributed by atoms with Gasteiger partial charge in [-0.25, -0.2) is 8.78 Å². The molecule has 0 bridgehead atoms. The Morgan fingerprint density at radius 1 is 1.37 bits per heavy atom. The van der Waals surface area contributed by atoms with Gasteiger partial charge in [0.1, 0.15) is 11.4 Å². The lowest BCUT2D eigenvalue weighted by Crippen LogP contribution is -2.25. The molecule has 0 atom stereocenters. The average Bonchev–Trinajstić information content (AvgIpc) is 2.77. The first-order chi connectivity index (χ1) is 9.00. The van der Waals surface area contributed by atoms with E-state index >= 15 is 0 Å². The SMILES string of the molecule is Nc1ccc(F)c(C(=O)NCc2sccc2Br)c1F. The first kappa shape index (κ1) is 14.0. The van der Waals surface area contributed by atoms with Gasteiger partial charge in [-0.05, 0) is 39.5 Å². The zero-order valence-corrected chi connectivity index (χ0v) is 11.9. The summed E-state index contributed by atoms with van der Waals surface area (Å²) in [5.74, 6) is -2.81. The van der Waals surface area contributed by atoms with Gasteiger partial charge in [0.25, 0.3) is 5.91 Å². The van der Waals surface area contributed by atoms with Crippen molar-refractivity contribution in [2.24, 2.45) is 0 Å². The molecule has 0 unspecified atom stereocenters. The molecule has 3 N–H and O–H groups in total. The van der Waals surface area contributed by atoms with E-state index in [0.717, 1.165) is 21.5 Å². The van der Waals surface area contributed by atoms with Crippen LogP contribution in [-0.4, -0.2) is 5.91 Å². The molecule has 0 aliphatic heterocycles. The quantitative estimate of drug-likeness (QED) is 0.837. The fourth-order valence-electron chi connectivity index (χ4n) is 1.48. The van der Waals surface area contributed by atoms with Crippen LogP contribution in [0.2, 0.25) is 0 Å². The van der Waals surface area contributed by atoms with Crippen LogP contribution in [0.1, 0.15) is 15.2 Å². The molecule has 3 nitrogen and oxygen atoms in total. The third-order valence-corrected chi connectivity index (χ3v) is 4.37. The summed E-state index contributed by atoms with van der Waals surface area (Å²) in [7, 11) is 0. The van der Waals surface area contributed by atoms with Crippen molar-refractivity contribution >= 4 is 38.9 Å². The number of rotatable bonds is 3. The number of carbonyl (C=O) groups excluding carboxylic acids is 1. The Morgan fingerprint density at radius 3 is 2.74 bits per heavy atom. The molecule has 0 aliphatic carbocycles. The van der Waals surface area contributed by atoms with Crippen molar-refractivity contribution in [1.82, 2.24) is 5.32 Å². The number of nitrogen functional groups attached to an aromatic ring is 1. The van der Waals surface area contributed by atoms with E-state index in [1.54, 1.807) is 0 Å². The van der Waals surface area contributed by atoms with Crippen LogP contribution in [0.15, 0.2) is 28.1 Å². The zero-order valence-electron chi connectivity index (χ0n) is 9.54. The molecular formula is C12H9BrF2N2OS. The van der Waals surface area contributed by atoms with E-state index in [-0.39, 0.29) is 12.2 Å². The topological polar surface area (TPSA) is 55.1 Å². The van der Waals surface area contributed by atoms with Crippen LogP contribution < -0.4 is 11.1 Å². The highest BCUT2D eigenvalue weighted by atomic mass is 79.9. The van der Waals surface area contributed by atoms with Gasteiger partial charge in [-0.3, -0.25) is 4.79 Å². The highest BCUT2D eigenvalue weighted by Crippen LogP contribution is 2.23. The Bertz CT molecular complexity index is 630. The highest BCUT2D eigenvalue weighted by molar-refractivity contribution is 9.10. The predicted octanol–water partition coefficient (Wildman–Crippen LogP) is 3.30. The maximum Gasteiger partial charge on any atom is 0.257 e. The molecule has 2 rings (SSSR count). The Balaban J connectivity index is 2.17. The first-order valence-corrected chi connectivity index (χ1v) is 6.91. The van der Waals surface area contributed by atoms with Crippen molar-refractivity contribution in [3.8, 4) is 0 Å². The van der Waals surface area contributed by atoms with Gasteiger partial charge in [0.15, 0.2) is 5.82 Å². The van der Waals surface area contributed by atoms with Crippen LogP contribution in [-0.2, 0) is 6.54 Å². The highest BCUT2D eigenvalue weighted by Gasteiger charge is 2.19. The smallest absolute Gasteiger partial charge is 0.257 e. The van der Waals surface area contributed by atoms with E-state index in [9.17, 15) is 13.6 Å². The number of hydrogen-bond acceptors (Lipinski definition) is 3. The molecular weight excluding hydrogens is 338 g/mol.